The lowest BCUT2D eigenvalue weighted by molar-refractivity contribution is -0.0586. The lowest BCUT2D eigenvalue weighted by Crippen LogP contribution is -2.30. The van der Waals surface area contributed by atoms with Gasteiger partial charge in [-0.15, -0.1) is 0 Å². The zero-order valence-electron chi connectivity index (χ0n) is 15.4. The number of hydrogen-bond donors (Lipinski definition) is 1. The molecule has 6 unspecified atom stereocenters. The molecule has 2 aliphatic heterocycles. The molecule has 7 nitrogen and oxygen atoms in total. The van der Waals surface area contributed by atoms with Crippen molar-refractivity contribution in [3.05, 3.63) is 0 Å². The lowest BCUT2D eigenvalue weighted by Gasteiger charge is -2.20. The molecule has 0 amide bonds. The van der Waals surface area contributed by atoms with Crippen molar-refractivity contribution in [1.29, 1.82) is 0 Å². The van der Waals surface area contributed by atoms with Crippen molar-refractivity contribution < 1.29 is 33.5 Å². The fraction of sp³-hybridized carbons (Fsp3) is 1.00. The van der Waals surface area contributed by atoms with E-state index in [0.29, 0.717) is 39.3 Å². The van der Waals surface area contributed by atoms with Gasteiger partial charge >= 0.3 is 0 Å². The molecule has 0 spiro atoms. The number of alkyl halides is 2. The van der Waals surface area contributed by atoms with Crippen LogP contribution in [0.4, 0.5) is 0 Å². The molecule has 0 bridgehead atoms. The van der Waals surface area contributed by atoms with Crippen molar-refractivity contribution in [3.63, 3.8) is 0 Å². The average molecular weight is 600 g/mol. The molecule has 2 fully saturated rings. The first-order chi connectivity index (χ1) is 12.5. The van der Waals surface area contributed by atoms with Crippen molar-refractivity contribution >= 4 is 45.2 Å². The minimum atomic E-state index is -0.438. The quantitative estimate of drug-likeness (QED) is 0.273. The molecule has 2 aliphatic rings. The van der Waals surface area contributed by atoms with Gasteiger partial charge in [0.25, 0.3) is 0 Å². The Morgan fingerprint density at radius 3 is 1.69 bits per heavy atom. The minimum absolute atomic E-state index is 0.0244. The molecule has 2 heterocycles. The molecule has 0 radical (unpaired) electrons. The van der Waals surface area contributed by atoms with Crippen LogP contribution in [0.3, 0.4) is 0 Å². The van der Waals surface area contributed by atoms with Crippen LogP contribution >= 0.6 is 45.2 Å². The first-order valence-corrected chi connectivity index (χ1v) is 11.5. The number of aliphatic hydroxyl groups excluding tert-OH is 1. The maximum absolute atomic E-state index is 10.2. The Morgan fingerprint density at radius 1 is 0.885 bits per heavy atom. The molecule has 9 heteroatoms. The molecular formula is C17H30I2O7. The summed E-state index contributed by atoms with van der Waals surface area (Å²) < 4.78 is 34.0. The van der Waals surface area contributed by atoms with E-state index in [0.717, 1.165) is 12.8 Å². The van der Waals surface area contributed by atoms with Crippen molar-refractivity contribution in [3.8, 4) is 0 Å². The fourth-order valence-corrected chi connectivity index (χ4v) is 4.92. The Balaban J connectivity index is 1.58. The largest absolute Gasteiger partial charge is 0.393 e. The molecule has 1 N–H and O–H groups in total. The van der Waals surface area contributed by atoms with Crippen LogP contribution in [0.2, 0.25) is 0 Å². The van der Waals surface area contributed by atoms with Gasteiger partial charge in [-0.05, 0) is 12.8 Å². The summed E-state index contributed by atoms with van der Waals surface area (Å²) in [6, 6.07) is 0. The van der Waals surface area contributed by atoms with Gasteiger partial charge in [0.1, 0.15) is 20.4 Å². The molecule has 2 rings (SSSR count). The lowest BCUT2D eigenvalue weighted by atomic mass is 10.1. The minimum Gasteiger partial charge on any atom is -0.393 e. The van der Waals surface area contributed by atoms with Gasteiger partial charge in [-0.3, -0.25) is 0 Å². The second kappa shape index (κ2) is 12.7. The number of hydrogen-bond acceptors (Lipinski definition) is 7. The van der Waals surface area contributed by atoms with Gasteiger partial charge < -0.3 is 33.5 Å². The summed E-state index contributed by atoms with van der Waals surface area (Å²) in [7, 11) is 3.33. The van der Waals surface area contributed by atoms with E-state index in [9.17, 15) is 5.11 Å². The smallest absolute Gasteiger partial charge is 0.112 e. The van der Waals surface area contributed by atoms with Crippen LogP contribution in [0.15, 0.2) is 0 Å². The highest BCUT2D eigenvalue weighted by Crippen LogP contribution is 2.29. The third-order valence-electron chi connectivity index (χ3n) is 4.54. The van der Waals surface area contributed by atoms with Gasteiger partial charge in [0.2, 0.25) is 0 Å². The van der Waals surface area contributed by atoms with Gasteiger partial charge in [-0.2, -0.15) is 0 Å². The van der Waals surface area contributed by atoms with Gasteiger partial charge in [-0.1, -0.05) is 45.2 Å². The molecule has 0 aliphatic carbocycles. The van der Waals surface area contributed by atoms with E-state index in [2.05, 4.69) is 45.2 Å². The SMILES string of the molecule is COCC1OC(I)CC1OCCC(O)CCOC1CC(I)OC1COC. The average Bonchev–Trinajstić information content (AvgIpc) is 3.11. The second-order valence-corrected chi connectivity index (χ2v) is 9.38. The van der Waals surface area contributed by atoms with Gasteiger partial charge in [0.05, 0.1) is 31.5 Å². The van der Waals surface area contributed by atoms with E-state index in [1.807, 2.05) is 0 Å². The zero-order valence-corrected chi connectivity index (χ0v) is 19.7. The van der Waals surface area contributed by atoms with Crippen molar-refractivity contribution in [1.82, 2.24) is 0 Å². The molecule has 6 atom stereocenters. The molecule has 0 saturated carbocycles. The standard InChI is InChI=1S/C17H30I2O7/c1-21-9-14-12(7-16(18)25-14)23-5-3-11(20)4-6-24-13-8-17(19)26-15(13)10-22-2/h11-17,20H,3-10H2,1-2H3. The predicted octanol–water partition coefficient (Wildman–Crippen LogP) is 2.29. The van der Waals surface area contributed by atoms with Crippen LogP contribution in [-0.2, 0) is 28.4 Å². The van der Waals surface area contributed by atoms with E-state index in [-0.39, 0.29) is 32.6 Å². The predicted molar refractivity (Wildman–Crippen MR) is 113 cm³/mol. The molecule has 154 valence electrons. The van der Waals surface area contributed by atoms with Crippen LogP contribution in [0.5, 0.6) is 0 Å². The summed E-state index contributed by atoms with van der Waals surface area (Å²) in [5, 5.41) is 10.2. The number of ether oxygens (including phenoxy) is 6. The molecule has 26 heavy (non-hydrogen) atoms. The van der Waals surface area contributed by atoms with Crippen LogP contribution in [0, 0.1) is 0 Å². The third kappa shape index (κ3) is 7.90. The first-order valence-electron chi connectivity index (χ1n) is 9.01. The van der Waals surface area contributed by atoms with E-state index in [1.165, 1.54) is 0 Å². The summed E-state index contributed by atoms with van der Waals surface area (Å²) in [5.74, 6) is 0. The summed E-state index contributed by atoms with van der Waals surface area (Å²) >= 11 is 4.54. The Kier molecular flexibility index (Phi) is 11.4. The Labute approximate surface area is 183 Å². The number of methoxy groups -OCH3 is 2. The molecule has 0 aromatic heterocycles. The van der Waals surface area contributed by atoms with Crippen LogP contribution in [0.25, 0.3) is 0 Å². The van der Waals surface area contributed by atoms with Gasteiger partial charge in [0, 0.05) is 40.3 Å². The normalized spacial score (nSPS) is 35.9. The highest BCUT2D eigenvalue weighted by molar-refractivity contribution is 14.1. The maximum atomic E-state index is 10.2. The summed E-state index contributed by atoms with van der Waals surface area (Å²) in [6.45, 7) is 2.08. The summed E-state index contributed by atoms with van der Waals surface area (Å²) in [6.07, 6.45) is 2.46. The monoisotopic (exact) mass is 600 g/mol. The number of aliphatic hydroxyl groups is 1. The highest BCUT2D eigenvalue weighted by Gasteiger charge is 2.35. The van der Waals surface area contributed by atoms with E-state index < -0.39 is 6.10 Å². The molecule has 2 saturated heterocycles. The van der Waals surface area contributed by atoms with Crippen molar-refractivity contribution in [2.75, 3.05) is 40.6 Å². The Bertz CT molecular complexity index is 356. The topological polar surface area (TPSA) is 75.6 Å². The Hall–Kier alpha value is 1.18. The zero-order chi connectivity index (χ0) is 18.9. The van der Waals surface area contributed by atoms with Crippen molar-refractivity contribution in [2.45, 2.75) is 64.4 Å². The number of halogens is 2. The molecule has 0 aromatic rings. The maximum Gasteiger partial charge on any atom is 0.112 e. The van der Waals surface area contributed by atoms with Gasteiger partial charge in [0.15, 0.2) is 0 Å². The summed E-state index contributed by atoms with van der Waals surface area (Å²) in [5.41, 5.74) is 0. The van der Waals surface area contributed by atoms with Gasteiger partial charge in [-0.25, -0.2) is 0 Å². The second-order valence-electron chi connectivity index (χ2n) is 6.60. The van der Waals surface area contributed by atoms with E-state index in [1.54, 1.807) is 14.2 Å². The Morgan fingerprint density at radius 2 is 1.31 bits per heavy atom. The summed E-state index contributed by atoms with van der Waals surface area (Å²) in [4.78, 5) is 0. The molecule has 0 aromatic carbocycles. The molecular weight excluding hydrogens is 570 g/mol. The third-order valence-corrected chi connectivity index (χ3v) is 6.14. The fourth-order valence-electron chi connectivity index (χ4n) is 3.16. The highest BCUT2D eigenvalue weighted by atomic mass is 127. The van der Waals surface area contributed by atoms with Crippen LogP contribution < -0.4 is 0 Å². The van der Waals surface area contributed by atoms with Crippen LogP contribution in [-0.4, -0.2) is 84.5 Å². The van der Waals surface area contributed by atoms with Crippen LogP contribution in [0.1, 0.15) is 25.7 Å². The van der Waals surface area contributed by atoms with E-state index >= 15 is 0 Å². The van der Waals surface area contributed by atoms with E-state index in [4.69, 9.17) is 28.4 Å². The number of rotatable bonds is 12. The first kappa shape index (κ1) is 23.5. The van der Waals surface area contributed by atoms with Crippen molar-refractivity contribution in [2.24, 2.45) is 0 Å².